The minimum Gasteiger partial charge on any atom is -0.481 e. The lowest BCUT2D eigenvalue weighted by molar-refractivity contribution is -0.141. The van der Waals surface area contributed by atoms with Gasteiger partial charge >= 0.3 is 5.97 Å². The summed E-state index contributed by atoms with van der Waals surface area (Å²) in [7, 11) is 3.24. The van der Waals surface area contributed by atoms with E-state index in [1.807, 2.05) is 0 Å². The quantitative estimate of drug-likeness (QED) is 0.502. The first-order valence-electron chi connectivity index (χ1n) is 2.60. The number of carbonyl (C=O) groups is 1. The van der Waals surface area contributed by atoms with Crippen molar-refractivity contribution in [1.29, 1.82) is 0 Å². The van der Waals surface area contributed by atoms with Gasteiger partial charge in [-0.1, -0.05) is 0 Å². The molecular formula is C5H11NO3. The van der Waals surface area contributed by atoms with Crippen molar-refractivity contribution in [3.63, 3.8) is 0 Å². The molecule has 0 saturated heterocycles. The van der Waals surface area contributed by atoms with E-state index >= 15 is 0 Å². The molecule has 54 valence electrons. The van der Waals surface area contributed by atoms with E-state index in [9.17, 15) is 4.79 Å². The van der Waals surface area contributed by atoms with Crippen LogP contribution >= 0.6 is 0 Å². The van der Waals surface area contributed by atoms with Gasteiger partial charge in [0.25, 0.3) is 0 Å². The summed E-state index contributed by atoms with van der Waals surface area (Å²) in [6.07, 6.45) is -1.10. The van der Waals surface area contributed by atoms with Crippen molar-refractivity contribution in [3.8, 4) is 0 Å². The lowest BCUT2D eigenvalue weighted by Crippen LogP contribution is -2.29. The second-order valence-corrected chi connectivity index (χ2v) is 2.04. The molecule has 0 amide bonds. The number of aliphatic carboxylic acids is 1. The molecule has 4 heteroatoms. The highest BCUT2D eigenvalue weighted by molar-refractivity contribution is 5.67. The summed E-state index contributed by atoms with van der Waals surface area (Å²) in [4.78, 5) is 11.4. The molecule has 2 N–H and O–H groups in total. The van der Waals surface area contributed by atoms with Crippen molar-refractivity contribution >= 4 is 5.97 Å². The van der Waals surface area contributed by atoms with Crippen LogP contribution in [0.4, 0.5) is 0 Å². The number of carboxylic acids is 1. The fourth-order valence-corrected chi connectivity index (χ4v) is 0.339. The summed E-state index contributed by atoms with van der Waals surface area (Å²) < 4.78 is 0. The van der Waals surface area contributed by atoms with Crippen LogP contribution in [0.2, 0.25) is 0 Å². The van der Waals surface area contributed by atoms with Gasteiger partial charge in [-0.25, -0.2) is 0 Å². The molecule has 0 heterocycles. The third-order valence-electron chi connectivity index (χ3n) is 0.953. The predicted octanol–water partition coefficient (Wildman–Crippen LogP) is -0.659. The number of hydrogen-bond donors (Lipinski definition) is 2. The summed E-state index contributed by atoms with van der Waals surface area (Å²) in [6.45, 7) is 0. The lowest BCUT2D eigenvalue weighted by Gasteiger charge is -2.15. The number of aliphatic hydroxyl groups excluding tert-OH is 1. The zero-order valence-electron chi connectivity index (χ0n) is 5.53. The molecule has 9 heavy (non-hydrogen) atoms. The molecule has 0 fully saturated rings. The third kappa shape index (κ3) is 3.93. The van der Waals surface area contributed by atoms with Gasteiger partial charge in [-0.3, -0.25) is 9.69 Å². The molecule has 0 aliphatic carbocycles. The van der Waals surface area contributed by atoms with Crippen LogP contribution in [-0.4, -0.2) is 41.4 Å². The van der Waals surface area contributed by atoms with E-state index < -0.39 is 12.2 Å². The first-order valence-corrected chi connectivity index (χ1v) is 2.60. The summed E-state index contributed by atoms with van der Waals surface area (Å²) in [5, 5.41) is 17.0. The topological polar surface area (TPSA) is 60.8 Å². The second-order valence-electron chi connectivity index (χ2n) is 2.04. The number of aliphatic hydroxyl groups is 1. The fraction of sp³-hybridized carbons (Fsp3) is 0.800. The molecule has 0 aliphatic rings. The summed E-state index contributed by atoms with van der Waals surface area (Å²) in [6, 6.07) is 0. The van der Waals surface area contributed by atoms with E-state index in [0.717, 1.165) is 0 Å². The Morgan fingerprint density at radius 1 is 1.67 bits per heavy atom. The normalized spacial score (nSPS) is 13.8. The van der Waals surface area contributed by atoms with Crippen molar-refractivity contribution in [2.45, 2.75) is 12.6 Å². The Labute approximate surface area is 53.7 Å². The molecule has 0 saturated carbocycles. The number of rotatable bonds is 3. The van der Waals surface area contributed by atoms with E-state index in [-0.39, 0.29) is 6.42 Å². The molecule has 0 aromatic heterocycles. The molecule has 0 rings (SSSR count). The van der Waals surface area contributed by atoms with Crippen molar-refractivity contribution < 1.29 is 15.0 Å². The third-order valence-corrected chi connectivity index (χ3v) is 0.953. The van der Waals surface area contributed by atoms with Gasteiger partial charge in [0.1, 0.15) is 6.23 Å². The summed E-state index contributed by atoms with van der Waals surface area (Å²) in [5.41, 5.74) is 0. The minimum atomic E-state index is -0.990. The number of hydrogen-bond acceptors (Lipinski definition) is 3. The van der Waals surface area contributed by atoms with Crippen LogP contribution in [0.15, 0.2) is 0 Å². The highest BCUT2D eigenvalue weighted by Crippen LogP contribution is 1.92. The van der Waals surface area contributed by atoms with Gasteiger partial charge in [0, 0.05) is 0 Å². The van der Waals surface area contributed by atoms with Gasteiger partial charge in [-0.15, -0.1) is 0 Å². The first-order chi connectivity index (χ1) is 4.04. The Balaban J connectivity index is 3.50. The van der Waals surface area contributed by atoms with Crippen LogP contribution < -0.4 is 0 Å². The van der Waals surface area contributed by atoms with Crippen LogP contribution in [0.25, 0.3) is 0 Å². The molecule has 0 aliphatic heterocycles. The predicted molar refractivity (Wildman–Crippen MR) is 31.9 cm³/mol. The molecule has 0 aromatic carbocycles. The van der Waals surface area contributed by atoms with Gasteiger partial charge in [0.2, 0.25) is 0 Å². The smallest absolute Gasteiger partial charge is 0.307 e. The Morgan fingerprint density at radius 3 is 2.22 bits per heavy atom. The molecule has 4 nitrogen and oxygen atoms in total. The molecule has 1 atom stereocenters. The molecule has 0 radical (unpaired) electrons. The van der Waals surface area contributed by atoms with Crippen LogP contribution in [0.5, 0.6) is 0 Å². The average molecular weight is 133 g/mol. The van der Waals surface area contributed by atoms with E-state index in [0.29, 0.717) is 0 Å². The van der Waals surface area contributed by atoms with Gasteiger partial charge in [-0.2, -0.15) is 0 Å². The van der Waals surface area contributed by atoms with E-state index in [2.05, 4.69) is 0 Å². The van der Waals surface area contributed by atoms with Gasteiger partial charge in [-0.05, 0) is 14.1 Å². The minimum absolute atomic E-state index is 0.229. The van der Waals surface area contributed by atoms with E-state index in [1.54, 1.807) is 14.1 Å². The first kappa shape index (κ1) is 8.39. The van der Waals surface area contributed by atoms with Crippen LogP contribution in [0, 0.1) is 0 Å². The SMILES string of the molecule is CN(C)C(O)CC(=O)O. The van der Waals surface area contributed by atoms with Gasteiger partial charge in [0.05, 0.1) is 6.42 Å². The summed E-state index contributed by atoms with van der Waals surface area (Å²) >= 11 is 0. The lowest BCUT2D eigenvalue weighted by atomic mass is 10.4. The summed E-state index contributed by atoms with van der Waals surface area (Å²) in [5.74, 6) is -0.990. The standard InChI is InChI=1S/C5H11NO3/c1-6(2)4(7)3-5(8)9/h4,7H,3H2,1-2H3,(H,8,9). The van der Waals surface area contributed by atoms with Gasteiger partial charge in [0.15, 0.2) is 0 Å². The maximum atomic E-state index is 9.93. The van der Waals surface area contributed by atoms with Gasteiger partial charge < -0.3 is 10.2 Å². The maximum Gasteiger partial charge on any atom is 0.307 e. The van der Waals surface area contributed by atoms with Crippen LogP contribution in [0.1, 0.15) is 6.42 Å². The molecular weight excluding hydrogens is 122 g/mol. The molecule has 1 unspecified atom stereocenters. The Hall–Kier alpha value is -0.610. The molecule has 0 aromatic rings. The van der Waals surface area contributed by atoms with Crippen molar-refractivity contribution in [2.75, 3.05) is 14.1 Å². The van der Waals surface area contributed by atoms with Crippen molar-refractivity contribution in [2.24, 2.45) is 0 Å². The molecule has 0 bridgehead atoms. The van der Waals surface area contributed by atoms with Crippen molar-refractivity contribution in [3.05, 3.63) is 0 Å². The average Bonchev–Trinajstić information content (AvgIpc) is 1.63. The van der Waals surface area contributed by atoms with Crippen molar-refractivity contribution in [1.82, 2.24) is 4.90 Å². The largest absolute Gasteiger partial charge is 0.481 e. The van der Waals surface area contributed by atoms with E-state index in [1.165, 1.54) is 4.90 Å². The Morgan fingerprint density at radius 2 is 2.11 bits per heavy atom. The molecule has 0 spiro atoms. The van der Waals surface area contributed by atoms with Crippen LogP contribution in [-0.2, 0) is 4.79 Å². The second kappa shape index (κ2) is 3.42. The highest BCUT2D eigenvalue weighted by atomic mass is 16.4. The van der Waals surface area contributed by atoms with E-state index in [4.69, 9.17) is 10.2 Å². The number of carboxylic acid groups (broad SMARTS) is 1. The number of nitrogens with zero attached hydrogens (tertiary/aromatic N) is 1. The monoisotopic (exact) mass is 133 g/mol. The highest BCUT2D eigenvalue weighted by Gasteiger charge is 2.09. The Bertz CT molecular complexity index is 102. The maximum absolute atomic E-state index is 9.93. The van der Waals surface area contributed by atoms with Crippen LogP contribution in [0.3, 0.4) is 0 Å². The Kier molecular flexibility index (Phi) is 3.19. The zero-order chi connectivity index (χ0) is 7.44. The fourth-order valence-electron chi connectivity index (χ4n) is 0.339. The zero-order valence-corrected chi connectivity index (χ0v) is 5.53.